The van der Waals surface area contributed by atoms with Crippen molar-refractivity contribution in [2.75, 3.05) is 7.11 Å². The zero-order chi connectivity index (χ0) is 6.57. The molecule has 2 heteroatoms. The maximum absolute atomic E-state index is 4.81. The zero-order valence-corrected chi connectivity index (χ0v) is 5.93. The number of ether oxygens (including phenoxy) is 1. The van der Waals surface area contributed by atoms with Crippen molar-refractivity contribution in [1.82, 2.24) is 0 Å². The monoisotopic (exact) mass is 115 g/mol. The van der Waals surface area contributed by atoms with Crippen molar-refractivity contribution >= 4 is 5.90 Å². The molecule has 8 heavy (non-hydrogen) atoms. The topological polar surface area (TPSA) is 21.6 Å². The van der Waals surface area contributed by atoms with Crippen molar-refractivity contribution < 1.29 is 4.74 Å². The number of hydrogen-bond donors (Lipinski definition) is 0. The summed E-state index contributed by atoms with van der Waals surface area (Å²) < 4.78 is 4.81. The molecule has 0 aliphatic heterocycles. The van der Waals surface area contributed by atoms with Crippen LogP contribution in [0.3, 0.4) is 0 Å². The van der Waals surface area contributed by atoms with E-state index in [0.29, 0.717) is 6.04 Å². The summed E-state index contributed by atoms with van der Waals surface area (Å²) >= 11 is 0. The van der Waals surface area contributed by atoms with Gasteiger partial charge in [0.2, 0.25) is 0 Å². The molecule has 0 N–H and O–H groups in total. The number of nitrogens with zero attached hydrogens (tertiary/aromatic N) is 1. The molecule has 0 spiro atoms. The van der Waals surface area contributed by atoms with Gasteiger partial charge in [0.15, 0.2) is 5.90 Å². The lowest BCUT2D eigenvalue weighted by atomic mass is 10.4. The second-order valence-corrected chi connectivity index (χ2v) is 1.95. The minimum atomic E-state index is 0.343. The Labute approximate surface area is 50.6 Å². The summed E-state index contributed by atoms with van der Waals surface area (Å²) in [5.41, 5.74) is 0. The average molecular weight is 115 g/mol. The molecule has 0 saturated heterocycles. The Bertz CT molecular complexity index is 86.5. The van der Waals surface area contributed by atoms with Crippen LogP contribution < -0.4 is 0 Å². The molecule has 0 aromatic rings. The minimum absolute atomic E-state index is 0.343. The third-order valence-corrected chi connectivity index (χ3v) is 0.735. The molecule has 48 valence electrons. The highest BCUT2D eigenvalue weighted by Crippen LogP contribution is 1.87. The lowest BCUT2D eigenvalue weighted by Gasteiger charge is -1.98. The molecule has 0 aromatic heterocycles. The van der Waals surface area contributed by atoms with Crippen LogP contribution in [0.2, 0.25) is 0 Å². The summed E-state index contributed by atoms with van der Waals surface area (Å²) in [4.78, 5) is 4.09. The Kier molecular flexibility index (Phi) is 3.24. The van der Waals surface area contributed by atoms with Gasteiger partial charge < -0.3 is 4.74 Å². The molecule has 0 amide bonds. The van der Waals surface area contributed by atoms with Gasteiger partial charge in [0.05, 0.1) is 7.11 Å². The molecule has 0 aliphatic carbocycles. The van der Waals surface area contributed by atoms with Crippen molar-refractivity contribution in [3.8, 4) is 0 Å². The lowest BCUT2D eigenvalue weighted by Crippen LogP contribution is -1.99. The van der Waals surface area contributed by atoms with E-state index in [9.17, 15) is 0 Å². The van der Waals surface area contributed by atoms with Gasteiger partial charge in [-0.2, -0.15) is 0 Å². The highest BCUT2D eigenvalue weighted by molar-refractivity contribution is 5.72. The SMILES string of the molecule is CO/C(C)=N\C(C)C. The van der Waals surface area contributed by atoms with Crippen LogP contribution in [0.5, 0.6) is 0 Å². The first-order chi connectivity index (χ1) is 3.66. The fraction of sp³-hybridized carbons (Fsp3) is 0.833. The zero-order valence-electron chi connectivity index (χ0n) is 5.93. The van der Waals surface area contributed by atoms with E-state index in [1.54, 1.807) is 7.11 Å². The second-order valence-electron chi connectivity index (χ2n) is 1.95. The molecule has 0 rings (SSSR count). The maximum atomic E-state index is 4.81. The van der Waals surface area contributed by atoms with Crippen molar-refractivity contribution in [2.24, 2.45) is 4.99 Å². The number of methoxy groups -OCH3 is 1. The van der Waals surface area contributed by atoms with Gasteiger partial charge in [0, 0.05) is 13.0 Å². The average Bonchev–Trinajstić information content (AvgIpc) is 1.65. The van der Waals surface area contributed by atoms with Crippen LogP contribution in [0.4, 0.5) is 0 Å². The quantitative estimate of drug-likeness (QED) is 0.374. The molecular weight excluding hydrogens is 102 g/mol. The standard InChI is InChI=1S/C6H13NO/c1-5(2)7-6(3)8-4/h5H,1-4H3/b7-6-. The molecular formula is C6H13NO. The van der Waals surface area contributed by atoms with Crippen LogP contribution in [-0.4, -0.2) is 19.0 Å². The van der Waals surface area contributed by atoms with Gasteiger partial charge in [-0.25, -0.2) is 0 Å². The molecule has 0 atom stereocenters. The Morgan fingerprint density at radius 1 is 1.50 bits per heavy atom. The van der Waals surface area contributed by atoms with E-state index in [0.717, 1.165) is 5.90 Å². The summed E-state index contributed by atoms with van der Waals surface area (Å²) in [6.07, 6.45) is 0. The number of hydrogen-bond acceptors (Lipinski definition) is 2. The summed E-state index contributed by atoms with van der Waals surface area (Å²) in [5.74, 6) is 0.750. The molecule has 0 fully saturated rings. The van der Waals surface area contributed by atoms with E-state index in [2.05, 4.69) is 4.99 Å². The fourth-order valence-corrected chi connectivity index (χ4v) is 0.416. The molecule has 0 bridgehead atoms. The first-order valence-electron chi connectivity index (χ1n) is 2.75. The second kappa shape index (κ2) is 3.47. The van der Waals surface area contributed by atoms with Crippen molar-refractivity contribution in [3.05, 3.63) is 0 Å². The van der Waals surface area contributed by atoms with Gasteiger partial charge in [-0.05, 0) is 13.8 Å². The van der Waals surface area contributed by atoms with E-state index >= 15 is 0 Å². The number of rotatable bonds is 1. The van der Waals surface area contributed by atoms with E-state index in [4.69, 9.17) is 4.74 Å². The molecule has 0 radical (unpaired) electrons. The van der Waals surface area contributed by atoms with Gasteiger partial charge in [0.25, 0.3) is 0 Å². The highest BCUT2D eigenvalue weighted by Gasteiger charge is 1.87. The van der Waals surface area contributed by atoms with Gasteiger partial charge in [-0.15, -0.1) is 0 Å². The largest absolute Gasteiger partial charge is 0.484 e. The normalized spacial score (nSPS) is 12.4. The number of aliphatic imine (C=N–C) groups is 1. The predicted molar refractivity (Wildman–Crippen MR) is 35.3 cm³/mol. The molecule has 0 heterocycles. The van der Waals surface area contributed by atoms with Crippen molar-refractivity contribution in [2.45, 2.75) is 26.8 Å². The first kappa shape index (κ1) is 7.47. The highest BCUT2D eigenvalue weighted by atomic mass is 16.5. The Morgan fingerprint density at radius 2 is 2.00 bits per heavy atom. The van der Waals surface area contributed by atoms with Crippen LogP contribution in [0.15, 0.2) is 4.99 Å². The van der Waals surface area contributed by atoms with Crippen LogP contribution in [0.25, 0.3) is 0 Å². The van der Waals surface area contributed by atoms with Gasteiger partial charge in [0.1, 0.15) is 0 Å². The summed E-state index contributed by atoms with van der Waals surface area (Å²) in [6, 6.07) is 0.343. The van der Waals surface area contributed by atoms with Gasteiger partial charge in [-0.3, -0.25) is 4.99 Å². The van der Waals surface area contributed by atoms with E-state index in [-0.39, 0.29) is 0 Å². The van der Waals surface area contributed by atoms with Crippen LogP contribution >= 0.6 is 0 Å². The third kappa shape index (κ3) is 3.65. The van der Waals surface area contributed by atoms with E-state index < -0.39 is 0 Å². The van der Waals surface area contributed by atoms with Crippen molar-refractivity contribution in [1.29, 1.82) is 0 Å². The van der Waals surface area contributed by atoms with Crippen LogP contribution in [-0.2, 0) is 4.74 Å². The molecule has 2 nitrogen and oxygen atoms in total. The lowest BCUT2D eigenvalue weighted by molar-refractivity contribution is 0.395. The molecule has 0 aliphatic rings. The Morgan fingerprint density at radius 3 is 2.12 bits per heavy atom. The smallest absolute Gasteiger partial charge is 0.179 e. The maximum Gasteiger partial charge on any atom is 0.179 e. The summed E-state index contributed by atoms with van der Waals surface area (Å²) in [5, 5.41) is 0. The van der Waals surface area contributed by atoms with Crippen LogP contribution in [0, 0.1) is 0 Å². The van der Waals surface area contributed by atoms with Crippen molar-refractivity contribution in [3.63, 3.8) is 0 Å². The fourth-order valence-electron chi connectivity index (χ4n) is 0.416. The first-order valence-corrected chi connectivity index (χ1v) is 2.75. The Balaban J connectivity index is 3.56. The summed E-state index contributed by atoms with van der Waals surface area (Å²) in [6.45, 7) is 5.88. The Hall–Kier alpha value is -0.530. The molecule has 0 saturated carbocycles. The van der Waals surface area contributed by atoms with E-state index in [1.807, 2.05) is 20.8 Å². The van der Waals surface area contributed by atoms with Crippen LogP contribution in [0.1, 0.15) is 20.8 Å². The van der Waals surface area contributed by atoms with Gasteiger partial charge in [-0.1, -0.05) is 0 Å². The third-order valence-electron chi connectivity index (χ3n) is 0.735. The summed E-state index contributed by atoms with van der Waals surface area (Å²) in [7, 11) is 1.63. The van der Waals surface area contributed by atoms with Gasteiger partial charge >= 0.3 is 0 Å². The molecule has 0 aromatic carbocycles. The molecule has 0 unspecified atom stereocenters. The predicted octanol–water partition coefficient (Wildman–Crippen LogP) is 1.46. The minimum Gasteiger partial charge on any atom is -0.484 e. The van der Waals surface area contributed by atoms with E-state index in [1.165, 1.54) is 0 Å².